The lowest BCUT2D eigenvalue weighted by molar-refractivity contribution is -0.121. The number of carbonyl (C=O) groups excluding carboxylic acids is 1. The second kappa shape index (κ2) is 9.67. The fourth-order valence-corrected chi connectivity index (χ4v) is 4.13. The first kappa shape index (κ1) is 23.3. The molecule has 1 N–H and O–H groups in total. The first-order chi connectivity index (χ1) is 17.4. The van der Waals surface area contributed by atoms with E-state index in [0.29, 0.717) is 27.6 Å². The van der Waals surface area contributed by atoms with Crippen molar-refractivity contribution >= 4 is 45.4 Å². The Bertz CT molecular complexity index is 1710. The maximum absolute atomic E-state index is 13.4. The second-order valence-electron chi connectivity index (χ2n) is 8.17. The van der Waals surface area contributed by atoms with Crippen LogP contribution in [0.15, 0.2) is 82.7 Å². The smallest absolute Gasteiger partial charge is 0.271 e. The average molecular weight is 500 g/mol. The molecule has 0 aliphatic heterocycles. The average Bonchev–Trinajstić information content (AvgIpc) is 2.87. The summed E-state index contributed by atoms with van der Waals surface area (Å²) in [4.78, 5) is 30.0. The van der Waals surface area contributed by atoms with Crippen molar-refractivity contribution in [3.05, 3.63) is 105 Å². The number of hydrogen-bond acceptors (Lipinski definition) is 5. The van der Waals surface area contributed by atoms with Gasteiger partial charge in [-0.25, -0.2) is 19.5 Å². The van der Waals surface area contributed by atoms with Crippen LogP contribution in [-0.4, -0.2) is 26.9 Å². The van der Waals surface area contributed by atoms with Gasteiger partial charge in [0.2, 0.25) is 0 Å². The SMILES string of the molecule is Cc1cccc2cc(/C=N/NC(=O)Cn3nc(-c4ccc(F)cc4)c4ccccc4c3=O)c(Cl)nc12. The summed E-state index contributed by atoms with van der Waals surface area (Å²) >= 11 is 6.29. The zero-order chi connectivity index (χ0) is 25.2. The van der Waals surface area contributed by atoms with Crippen molar-refractivity contribution in [1.82, 2.24) is 20.2 Å². The van der Waals surface area contributed by atoms with Gasteiger partial charge in [0.1, 0.15) is 17.5 Å². The third kappa shape index (κ3) is 4.58. The van der Waals surface area contributed by atoms with Crippen molar-refractivity contribution < 1.29 is 9.18 Å². The fraction of sp³-hybridized carbons (Fsp3) is 0.0741. The van der Waals surface area contributed by atoms with E-state index in [4.69, 9.17) is 11.6 Å². The van der Waals surface area contributed by atoms with Crippen LogP contribution in [0, 0.1) is 12.7 Å². The number of amides is 1. The van der Waals surface area contributed by atoms with Gasteiger partial charge < -0.3 is 0 Å². The Morgan fingerprint density at radius 2 is 1.83 bits per heavy atom. The van der Waals surface area contributed by atoms with Gasteiger partial charge in [0.15, 0.2) is 0 Å². The molecule has 7 nitrogen and oxygen atoms in total. The Labute approximate surface area is 209 Å². The number of hydrazone groups is 1. The van der Waals surface area contributed by atoms with E-state index < -0.39 is 11.5 Å². The van der Waals surface area contributed by atoms with E-state index in [1.54, 1.807) is 36.4 Å². The summed E-state index contributed by atoms with van der Waals surface area (Å²) in [5.74, 6) is -0.938. The molecule has 0 aliphatic carbocycles. The van der Waals surface area contributed by atoms with Crippen molar-refractivity contribution in [1.29, 1.82) is 0 Å². The first-order valence-corrected chi connectivity index (χ1v) is 11.4. The van der Waals surface area contributed by atoms with Gasteiger partial charge in [-0.15, -0.1) is 0 Å². The van der Waals surface area contributed by atoms with Gasteiger partial charge >= 0.3 is 0 Å². The predicted octanol–water partition coefficient (Wildman–Crippen LogP) is 4.86. The summed E-state index contributed by atoms with van der Waals surface area (Å²) in [6.45, 7) is 1.59. The van der Waals surface area contributed by atoms with Crippen molar-refractivity contribution in [2.24, 2.45) is 5.10 Å². The Morgan fingerprint density at radius 3 is 2.61 bits per heavy atom. The minimum Gasteiger partial charge on any atom is -0.271 e. The number of halogens is 2. The largest absolute Gasteiger partial charge is 0.275 e. The Morgan fingerprint density at radius 1 is 1.08 bits per heavy atom. The van der Waals surface area contributed by atoms with Crippen LogP contribution < -0.4 is 11.0 Å². The molecule has 0 bridgehead atoms. The number of benzene rings is 3. The Balaban J connectivity index is 1.41. The summed E-state index contributed by atoms with van der Waals surface area (Å²) in [6, 6.07) is 20.3. The van der Waals surface area contributed by atoms with Crippen molar-refractivity contribution in [2.75, 3.05) is 0 Å². The fourth-order valence-electron chi connectivity index (χ4n) is 3.94. The van der Waals surface area contributed by atoms with E-state index in [1.807, 2.05) is 31.2 Å². The van der Waals surface area contributed by atoms with E-state index in [1.165, 1.54) is 18.3 Å². The van der Waals surface area contributed by atoms with E-state index in [0.717, 1.165) is 21.1 Å². The Hall–Kier alpha value is -4.43. The first-order valence-electron chi connectivity index (χ1n) is 11.0. The standard InChI is InChI=1S/C27H19ClFN5O2/c1-16-5-4-6-18-13-19(26(28)31-24(16)18)14-30-32-23(35)15-34-27(36)22-8-3-2-7-21(22)25(33-34)17-9-11-20(29)12-10-17/h2-14H,15H2,1H3,(H,32,35)/b30-14+. The van der Waals surface area contributed by atoms with E-state index in [-0.39, 0.29) is 17.5 Å². The van der Waals surface area contributed by atoms with Crippen molar-refractivity contribution in [2.45, 2.75) is 13.5 Å². The number of fused-ring (bicyclic) bond motifs is 2. The maximum Gasteiger partial charge on any atom is 0.275 e. The number of hydrogen-bond donors (Lipinski definition) is 1. The highest BCUT2D eigenvalue weighted by atomic mass is 35.5. The number of nitrogens with zero attached hydrogens (tertiary/aromatic N) is 4. The molecule has 0 atom stereocenters. The van der Waals surface area contributed by atoms with Gasteiger partial charge in [-0.05, 0) is 48.9 Å². The lowest BCUT2D eigenvalue weighted by atomic mass is 10.1. The molecular weight excluding hydrogens is 481 g/mol. The van der Waals surface area contributed by atoms with E-state index >= 15 is 0 Å². The molecule has 2 aromatic heterocycles. The van der Waals surface area contributed by atoms with Crippen LogP contribution in [-0.2, 0) is 11.3 Å². The van der Waals surface area contributed by atoms with Gasteiger partial charge in [0.05, 0.1) is 22.8 Å². The second-order valence-corrected chi connectivity index (χ2v) is 8.53. The molecule has 0 saturated carbocycles. The summed E-state index contributed by atoms with van der Waals surface area (Å²) < 4.78 is 14.5. The number of rotatable bonds is 5. The summed E-state index contributed by atoms with van der Waals surface area (Å²) in [6.07, 6.45) is 1.40. The predicted molar refractivity (Wildman–Crippen MR) is 139 cm³/mol. The number of aromatic nitrogens is 3. The molecule has 5 aromatic rings. The molecule has 0 fully saturated rings. The molecule has 5 rings (SSSR count). The van der Waals surface area contributed by atoms with Crippen LogP contribution in [0.2, 0.25) is 5.15 Å². The number of nitrogens with one attached hydrogen (secondary N) is 1. The molecule has 0 radical (unpaired) electrons. The molecule has 36 heavy (non-hydrogen) atoms. The minimum atomic E-state index is -0.554. The van der Waals surface area contributed by atoms with Crippen LogP contribution in [0.25, 0.3) is 32.9 Å². The third-order valence-electron chi connectivity index (χ3n) is 5.70. The topological polar surface area (TPSA) is 89.2 Å². The molecule has 2 heterocycles. The quantitative estimate of drug-likeness (QED) is 0.212. The minimum absolute atomic E-state index is 0.256. The monoisotopic (exact) mass is 499 g/mol. The van der Waals surface area contributed by atoms with Gasteiger partial charge in [-0.2, -0.15) is 10.2 Å². The third-order valence-corrected chi connectivity index (χ3v) is 6.00. The van der Waals surface area contributed by atoms with Gasteiger partial charge in [0.25, 0.3) is 11.5 Å². The van der Waals surface area contributed by atoms with Crippen LogP contribution in [0.3, 0.4) is 0 Å². The molecule has 3 aromatic carbocycles. The van der Waals surface area contributed by atoms with Gasteiger partial charge in [0, 0.05) is 21.9 Å². The van der Waals surface area contributed by atoms with Crippen LogP contribution in [0.5, 0.6) is 0 Å². The van der Waals surface area contributed by atoms with Crippen LogP contribution in [0.1, 0.15) is 11.1 Å². The summed E-state index contributed by atoms with van der Waals surface area (Å²) in [7, 11) is 0. The number of aryl methyl sites for hydroxylation is 1. The summed E-state index contributed by atoms with van der Waals surface area (Å²) in [5.41, 5.74) is 5.39. The zero-order valence-electron chi connectivity index (χ0n) is 19.1. The number of carbonyl (C=O) groups is 1. The summed E-state index contributed by atoms with van der Waals surface area (Å²) in [5, 5.41) is 10.5. The lowest BCUT2D eigenvalue weighted by Gasteiger charge is -2.11. The number of para-hydroxylation sites is 1. The van der Waals surface area contributed by atoms with Crippen LogP contribution >= 0.6 is 11.6 Å². The highest BCUT2D eigenvalue weighted by molar-refractivity contribution is 6.32. The Kier molecular flexibility index (Phi) is 6.26. The normalized spacial score (nSPS) is 11.4. The molecule has 0 spiro atoms. The molecule has 0 aliphatic rings. The lowest BCUT2D eigenvalue weighted by Crippen LogP contribution is -2.32. The van der Waals surface area contributed by atoms with E-state index in [2.05, 4.69) is 20.6 Å². The zero-order valence-corrected chi connectivity index (χ0v) is 19.8. The molecule has 9 heteroatoms. The van der Waals surface area contributed by atoms with E-state index in [9.17, 15) is 14.0 Å². The van der Waals surface area contributed by atoms with Crippen LogP contribution in [0.4, 0.5) is 4.39 Å². The highest BCUT2D eigenvalue weighted by Gasteiger charge is 2.14. The maximum atomic E-state index is 13.4. The van der Waals surface area contributed by atoms with Crippen molar-refractivity contribution in [3.8, 4) is 11.3 Å². The van der Waals surface area contributed by atoms with Gasteiger partial charge in [-0.3, -0.25) is 9.59 Å². The molecule has 1 amide bonds. The molecular formula is C27H19ClFN5O2. The molecule has 0 saturated heterocycles. The molecule has 178 valence electrons. The van der Waals surface area contributed by atoms with Gasteiger partial charge in [-0.1, -0.05) is 48.0 Å². The van der Waals surface area contributed by atoms with Crippen molar-refractivity contribution in [3.63, 3.8) is 0 Å². The highest BCUT2D eigenvalue weighted by Crippen LogP contribution is 2.25. The number of pyridine rings is 1. The molecule has 0 unspecified atom stereocenters.